The molecule has 2 aromatic rings. The lowest BCUT2D eigenvalue weighted by molar-refractivity contribution is -0.137. The molecule has 0 saturated heterocycles. The van der Waals surface area contributed by atoms with Crippen molar-refractivity contribution in [2.75, 3.05) is 6.61 Å². The van der Waals surface area contributed by atoms with Crippen LogP contribution in [0.2, 0.25) is 0 Å². The molecule has 0 bridgehead atoms. The van der Waals surface area contributed by atoms with E-state index in [-0.39, 0.29) is 19.0 Å². The number of hydrogen-bond donors (Lipinski definition) is 0. The molecule has 0 aliphatic rings. The lowest BCUT2D eigenvalue weighted by atomic mass is 9.91. The minimum atomic E-state index is -4.36. The molecule has 4 nitrogen and oxygen atoms in total. The van der Waals surface area contributed by atoms with Crippen LogP contribution in [0.3, 0.4) is 0 Å². The number of oxime groups is 1. The molecule has 2 rings (SSSR count). The Labute approximate surface area is 168 Å². The number of ether oxygens (including phenoxy) is 1. The molecule has 2 aromatic carbocycles. The van der Waals surface area contributed by atoms with Gasteiger partial charge >= 0.3 is 6.18 Å². The van der Waals surface area contributed by atoms with Gasteiger partial charge in [0.1, 0.15) is 19.0 Å². The van der Waals surface area contributed by atoms with Crippen LogP contribution in [0, 0.1) is 5.41 Å². The van der Waals surface area contributed by atoms with Gasteiger partial charge < -0.3 is 9.57 Å². The monoisotopic (exact) mass is 407 g/mol. The van der Waals surface area contributed by atoms with Gasteiger partial charge in [-0.1, -0.05) is 38.1 Å². The van der Waals surface area contributed by atoms with E-state index in [9.17, 15) is 18.0 Å². The summed E-state index contributed by atoms with van der Waals surface area (Å²) in [5.74, 6) is 0.584. The van der Waals surface area contributed by atoms with Gasteiger partial charge in [0.05, 0.1) is 11.3 Å². The van der Waals surface area contributed by atoms with E-state index in [4.69, 9.17) is 9.57 Å². The van der Waals surface area contributed by atoms with Crippen LogP contribution in [0.15, 0.2) is 53.7 Å². The molecule has 156 valence electrons. The summed E-state index contributed by atoms with van der Waals surface area (Å²) in [7, 11) is 0. The van der Waals surface area contributed by atoms with Gasteiger partial charge in [-0.05, 0) is 54.4 Å². The first-order valence-electron chi connectivity index (χ1n) is 9.06. The lowest BCUT2D eigenvalue weighted by Crippen LogP contribution is -2.26. The van der Waals surface area contributed by atoms with E-state index in [0.29, 0.717) is 17.0 Å². The SMILES string of the molecule is C/C(=N\OCc1ccc(C(F)(F)F)cc1)c1ccc(OCC(=O)C(C)(C)C)cc1. The van der Waals surface area contributed by atoms with Crippen LogP contribution >= 0.6 is 0 Å². The number of alkyl halides is 3. The Balaban J connectivity index is 1.89. The first-order valence-corrected chi connectivity index (χ1v) is 9.06. The smallest absolute Gasteiger partial charge is 0.416 e. The summed E-state index contributed by atoms with van der Waals surface area (Å²) in [5.41, 5.74) is 0.837. The summed E-state index contributed by atoms with van der Waals surface area (Å²) < 4.78 is 43.2. The Kier molecular flexibility index (Phi) is 7.06. The Hall–Kier alpha value is -2.83. The normalized spacial score (nSPS) is 12.6. The van der Waals surface area contributed by atoms with Crippen LogP contribution < -0.4 is 4.74 Å². The fourth-order valence-corrected chi connectivity index (χ4v) is 2.20. The second-order valence-electron chi connectivity index (χ2n) is 7.63. The topological polar surface area (TPSA) is 47.9 Å². The van der Waals surface area contributed by atoms with Crippen molar-refractivity contribution in [2.45, 2.75) is 40.5 Å². The van der Waals surface area contributed by atoms with Crippen molar-refractivity contribution in [1.29, 1.82) is 0 Å². The third-order valence-electron chi connectivity index (χ3n) is 4.19. The fourth-order valence-electron chi connectivity index (χ4n) is 2.20. The highest BCUT2D eigenvalue weighted by atomic mass is 19.4. The largest absolute Gasteiger partial charge is 0.486 e. The van der Waals surface area contributed by atoms with Gasteiger partial charge in [-0.2, -0.15) is 13.2 Å². The molecule has 0 atom stereocenters. The molecule has 0 aliphatic heterocycles. The third-order valence-corrected chi connectivity index (χ3v) is 4.19. The zero-order valence-electron chi connectivity index (χ0n) is 16.8. The summed E-state index contributed by atoms with van der Waals surface area (Å²) in [6.07, 6.45) is -4.36. The summed E-state index contributed by atoms with van der Waals surface area (Å²) in [6, 6.07) is 11.8. The lowest BCUT2D eigenvalue weighted by Gasteiger charge is -2.16. The standard InChI is InChI=1S/C22H24F3NO3/c1-15(26-29-13-16-5-9-18(10-6-16)22(23,24)25)17-7-11-19(12-8-17)28-14-20(27)21(2,3)4/h5-12H,13-14H2,1-4H3/b26-15+. The predicted molar refractivity (Wildman–Crippen MR) is 105 cm³/mol. The molecule has 0 aromatic heterocycles. The molecule has 0 saturated carbocycles. The van der Waals surface area contributed by atoms with Crippen molar-refractivity contribution < 1.29 is 27.5 Å². The van der Waals surface area contributed by atoms with Crippen LogP contribution in [0.5, 0.6) is 5.75 Å². The van der Waals surface area contributed by atoms with Gasteiger partial charge in [-0.15, -0.1) is 0 Å². The second kappa shape index (κ2) is 9.11. The number of hydrogen-bond acceptors (Lipinski definition) is 4. The van der Waals surface area contributed by atoms with Gasteiger partial charge in [-0.3, -0.25) is 4.79 Å². The van der Waals surface area contributed by atoms with Crippen molar-refractivity contribution in [2.24, 2.45) is 10.6 Å². The Morgan fingerprint density at radius 2 is 1.55 bits per heavy atom. The molecule has 0 amide bonds. The molecule has 0 heterocycles. The van der Waals surface area contributed by atoms with E-state index in [1.54, 1.807) is 31.2 Å². The maximum atomic E-state index is 12.6. The van der Waals surface area contributed by atoms with E-state index in [2.05, 4.69) is 5.16 Å². The maximum Gasteiger partial charge on any atom is 0.416 e. The molecule has 0 aliphatic carbocycles. The Bertz CT molecular complexity index is 849. The Morgan fingerprint density at radius 3 is 2.07 bits per heavy atom. The van der Waals surface area contributed by atoms with E-state index in [1.165, 1.54) is 12.1 Å². The minimum Gasteiger partial charge on any atom is -0.486 e. The summed E-state index contributed by atoms with van der Waals surface area (Å²) >= 11 is 0. The molecule has 0 fully saturated rings. The Morgan fingerprint density at radius 1 is 0.966 bits per heavy atom. The third kappa shape index (κ3) is 6.93. The fraction of sp³-hybridized carbons (Fsp3) is 0.364. The average Bonchev–Trinajstić information content (AvgIpc) is 2.65. The van der Waals surface area contributed by atoms with Crippen LogP contribution in [-0.4, -0.2) is 18.1 Å². The molecule has 29 heavy (non-hydrogen) atoms. The zero-order valence-corrected chi connectivity index (χ0v) is 16.8. The van der Waals surface area contributed by atoms with Crippen molar-refractivity contribution in [3.05, 3.63) is 65.2 Å². The number of rotatable bonds is 7. The van der Waals surface area contributed by atoms with Crippen molar-refractivity contribution in [3.8, 4) is 5.75 Å². The van der Waals surface area contributed by atoms with Gasteiger partial charge in [0.25, 0.3) is 0 Å². The first-order chi connectivity index (χ1) is 13.5. The minimum absolute atomic E-state index is 0.00611. The predicted octanol–water partition coefficient (Wildman–Crippen LogP) is 5.64. The number of nitrogens with zero attached hydrogens (tertiary/aromatic N) is 1. The van der Waals surface area contributed by atoms with Gasteiger partial charge in [0.15, 0.2) is 5.78 Å². The van der Waals surface area contributed by atoms with Gasteiger partial charge in [-0.25, -0.2) is 0 Å². The summed E-state index contributed by atoms with van der Waals surface area (Å²) in [6.45, 7) is 7.34. The summed E-state index contributed by atoms with van der Waals surface area (Å²) in [4.78, 5) is 17.1. The number of benzene rings is 2. The number of halogens is 3. The molecule has 0 N–H and O–H groups in total. The highest BCUT2D eigenvalue weighted by Gasteiger charge is 2.29. The zero-order chi connectivity index (χ0) is 21.7. The number of carbonyl (C=O) groups is 1. The molecule has 0 radical (unpaired) electrons. The van der Waals surface area contributed by atoms with Crippen LogP contribution in [0.1, 0.15) is 44.4 Å². The first kappa shape index (κ1) is 22.5. The van der Waals surface area contributed by atoms with Crippen LogP contribution in [0.4, 0.5) is 13.2 Å². The van der Waals surface area contributed by atoms with Crippen LogP contribution in [-0.2, 0) is 22.4 Å². The van der Waals surface area contributed by atoms with Gasteiger partial charge in [0, 0.05) is 5.41 Å². The van der Waals surface area contributed by atoms with Crippen molar-refractivity contribution in [1.82, 2.24) is 0 Å². The number of ketones is 1. The molecule has 7 heteroatoms. The highest BCUT2D eigenvalue weighted by molar-refractivity contribution is 5.98. The average molecular weight is 407 g/mol. The number of Topliss-reactive ketones (excluding diaryl/α,β-unsaturated/α-hetero) is 1. The second-order valence-corrected chi connectivity index (χ2v) is 7.63. The van der Waals surface area contributed by atoms with Crippen LogP contribution in [0.25, 0.3) is 0 Å². The van der Waals surface area contributed by atoms with Crippen molar-refractivity contribution in [3.63, 3.8) is 0 Å². The van der Waals surface area contributed by atoms with E-state index >= 15 is 0 Å². The quantitative estimate of drug-likeness (QED) is 0.441. The number of carbonyl (C=O) groups excluding carboxylic acids is 1. The van der Waals surface area contributed by atoms with E-state index in [1.807, 2.05) is 20.8 Å². The van der Waals surface area contributed by atoms with Gasteiger partial charge in [0.2, 0.25) is 0 Å². The van der Waals surface area contributed by atoms with Crippen molar-refractivity contribution >= 4 is 11.5 Å². The summed E-state index contributed by atoms with van der Waals surface area (Å²) in [5, 5.41) is 4.00. The molecule has 0 unspecified atom stereocenters. The molecular formula is C22H24F3NO3. The van der Waals surface area contributed by atoms with E-state index < -0.39 is 17.2 Å². The molecular weight excluding hydrogens is 383 g/mol. The maximum absolute atomic E-state index is 12.6. The molecule has 0 spiro atoms. The highest BCUT2D eigenvalue weighted by Crippen LogP contribution is 2.29. The van der Waals surface area contributed by atoms with E-state index in [0.717, 1.165) is 17.7 Å².